The topological polar surface area (TPSA) is 43.3 Å². The Balaban J connectivity index is 1.81. The van der Waals surface area contributed by atoms with Crippen molar-refractivity contribution >= 4 is 27.5 Å². The molecule has 0 aromatic carbocycles. The Labute approximate surface area is 129 Å². The molecule has 114 valence electrons. The zero-order chi connectivity index (χ0) is 14.7. The Hall–Kier alpha value is -1.33. The van der Waals surface area contributed by atoms with Gasteiger partial charge in [-0.05, 0) is 36.8 Å². The highest BCUT2D eigenvalue weighted by atomic mass is 32.1. The Morgan fingerprint density at radius 2 is 2.29 bits per heavy atom. The number of fused-ring (bicyclic) bond motifs is 1. The number of ether oxygens (including phenoxy) is 1. The van der Waals surface area contributed by atoms with Crippen LogP contribution in [0.2, 0.25) is 0 Å². The summed E-state index contributed by atoms with van der Waals surface area (Å²) in [6, 6.07) is 4.67. The maximum atomic E-state index is 12.5. The van der Waals surface area contributed by atoms with Crippen molar-refractivity contribution in [1.29, 1.82) is 0 Å². The number of hydrogen-bond donors (Lipinski definition) is 1. The molecule has 2 aromatic heterocycles. The Kier molecular flexibility index (Phi) is 4.60. The molecule has 1 saturated carbocycles. The van der Waals surface area contributed by atoms with E-state index in [1.807, 2.05) is 6.07 Å². The van der Waals surface area contributed by atoms with Crippen LogP contribution in [0.5, 0.6) is 0 Å². The SMILES string of the molecule is COCCCNC(=O)c1cc2sccc2n1C1CCCC1. The standard InChI is InChI=1S/C16H22N2O2S/c1-20-9-4-8-17-16(19)14-11-15-13(7-10-21-15)18(14)12-5-2-3-6-12/h7,10-12H,2-6,8-9H2,1H3,(H,17,19). The number of hydrogen-bond acceptors (Lipinski definition) is 3. The average molecular weight is 306 g/mol. The van der Waals surface area contributed by atoms with Gasteiger partial charge in [0.25, 0.3) is 5.91 Å². The van der Waals surface area contributed by atoms with E-state index in [0.717, 1.165) is 12.1 Å². The molecular weight excluding hydrogens is 284 g/mol. The number of thiophene rings is 1. The zero-order valence-corrected chi connectivity index (χ0v) is 13.2. The van der Waals surface area contributed by atoms with Gasteiger partial charge in [0.1, 0.15) is 5.69 Å². The third kappa shape index (κ3) is 2.99. The number of nitrogens with one attached hydrogen (secondary N) is 1. The second kappa shape index (κ2) is 6.62. The first kappa shape index (κ1) is 14.6. The summed E-state index contributed by atoms with van der Waals surface area (Å²) < 4.78 is 8.50. The van der Waals surface area contributed by atoms with Crippen LogP contribution in [0.25, 0.3) is 10.2 Å². The molecule has 5 heteroatoms. The fraction of sp³-hybridized carbons (Fsp3) is 0.562. The zero-order valence-electron chi connectivity index (χ0n) is 12.4. The third-order valence-corrected chi connectivity index (χ3v) is 5.05. The first-order valence-electron chi connectivity index (χ1n) is 7.67. The van der Waals surface area contributed by atoms with Crippen LogP contribution in [-0.4, -0.2) is 30.7 Å². The highest BCUT2D eigenvalue weighted by Crippen LogP contribution is 2.36. The minimum atomic E-state index is 0.0430. The lowest BCUT2D eigenvalue weighted by atomic mass is 10.2. The normalized spacial score (nSPS) is 15.9. The van der Waals surface area contributed by atoms with Gasteiger partial charge in [0, 0.05) is 26.3 Å². The molecule has 0 saturated heterocycles. The lowest BCUT2D eigenvalue weighted by molar-refractivity contribution is 0.0938. The largest absolute Gasteiger partial charge is 0.385 e. The van der Waals surface area contributed by atoms with Gasteiger partial charge in [0.05, 0.1) is 10.2 Å². The number of methoxy groups -OCH3 is 1. The molecule has 1 aliphatic carbocycles. The van der Waals surface area contributed by atoms with Crippen molar-refractivity contribution < 1.29 is 9.53 Å². The van der Waals surface area contributed by atoms with Gasteiger partial charge in [-0.1, -0.05) is 12.8 Å². The molecule has 2 heterocycles. The van der Waals surface area contributed by atoms with Gasteiger partial charge in [0.2, 0.25) is 0 Å². The Bertz CT molecular complexity index is 611. The predicted octanol–water partition coefficient (Wildman–Crippen LogP) is 3.58. The van der Waals surface area contributed by atoms with Gasteiger partial charge in [-0.25, -0.2) is 0 Å². The molecule has 0 atom stereocenters. The molecule has 0 unspecified atom stereocenters. The maximum Gasteiger partial charge on any atom is 0.267 e. The summed E-state index contributed by atoms with van der Waals surface area (Å²) in [5.41, 5.74) is 2.04. The molecule has 4 nitrogen and oxygen atoms in total. The van der Waals surface area contributed by atoms with Gasteiger partial charge < -0.3 is 14.6 Å². The Morgan fingerprint density at radius 3 is 3.05 bits per heavy atom. The van der Waals surface area contributed by atoms with E-state index < -0.39 is 0 Å². The van der Waals surface area contributed by atoms with Crippen LogP contribution < -0.4 is 5.32 Å². The fourth-order valence-electron chi connectivity index (χ4n) is 3.18. The van der Waals surface area contributed by atoms with Crippen LogP contribution in [0, 0.1) is 0 Å². The summed E-state index contributed by atoms with van der Waals surface area (Å²) in [6.45, 7) is 1.34. The number of rotatable bonds is 6. The molecule has 1 amide bonds. The van der Waals surface area contributed by atoms with E-state index in [-0.39, 0.29) is 5.91 Å². The number of nitrogens with zero attached hydrogens (tertiary/aromatic N) is 1. The van der Waals surface area contributed by atoms with Crippen LogP contribution in [0.3, 0.4) is 0 Å². The molecule has 0 spiro atoms. The second-order valence-corrected chi connectivity index (χ2v) is 6.56. The monoisotopic (exact) mass is 306 g/mol. The van der Waals surface area contributed by atoms with Crippen molar-refractivity contribution in [3.63, 3.8) is 0 Å². The van der Waals surface area contributed by atoms with Gasteiger partial charge in [0.15, 0.2) is 0 Å². The van der Waals surface area contributed by atoms with E-state index in [1.165, 1.54) is 35.9 Å². The van der Waals surface area contributed by atoms with E-state index >= 15 is 0 Å². The van der Waals surface area contributed by atoms with E-state index in [1.54, 1.807) is 18.4 Å². The molecule has 3 rings (SSSR count). The van der Waals surface area contributed by atoms with Gasteiger partial charge >= 0.3 is 0 Å². The lowest BCUT2D eigenvalue weighted by Gasteiger charge is -2.17. The van der Waals surface area contributed by atoms with Gasteiger partial charge in [-0.15, -0.1) is 11.3 Å². The first-order valence-corrected chi connectivity index (χ1v) is 8.55. The summed E-state index contributed by atoms with van der Waals surface area (Å²) in [4.78, 5) is 12.5. The molecule has 1 N–H and O–H groups in total. The number of amides is 1. The van der Waals surface area contributed by atoms with Crippen molar-refractivity contribution in [2.75, 3.05) is 20.3 Å². The molecule has 1 fully saturated rings. The maximum absolute atomic E-state index is 12.5. The molecule has 1 aliphatic rings. The van der Waals surface area contributed by atoms with Crippen molar-refractivity contribution in [3.05, 3.63) is 23.2 Å². The molecule has 0 aliphatic heterocycles. The van der Waals surface area contributed by atoms with Crippen molar-refractivity contribution in [1.82, 2.24) is 9.88 Å². The van der Waals surface area contributed by atoms with Crippen LogP contribution in [0.15, 0.2) is 17.5 Å². The fourth-order valence-corrected chi connectivity index (χ4v) is 3.99. The van der Waals surface area contributed by atoms with Crippen molar-refractivity contribution in [2.24, 2.45) is 0 Å². The molecule has 2 aromatic rings. The summed E-state index contributed by atoms with van der Waals surface area (Å²) in [7, 11) is 1.68. The van der Waals surface area contributed by atoms with Crippen molar-refractivity contribution in [2.45, 2.75) is 38.1 Å². The molecule has 21 heavy (non-hydrogen) atoms. The van der Waals surface area contributed by atoms with Gasteiger partial charge in [-0.2, -0.15) is 0 Å². The van der Waals surface area contributed by atoms with E-state index in [4.69, 9.17) is 4.74 Å². The summed E-state index contributed by atoms with van der Waals surface area (Å²) >= 11 is 1.71. The highest BCUT2D eigenvalue weighted by molar-refractivity contribution is 7.17. The highest BCUT2D eigenvalue weighted by Gasteiger charge is 2.24. The summed E-state index contributed by atoms with van der Waals surface area (Å²) in [5, 5.41) is 5.12. The smallest absolute Gasteiger partial charge is 0.267 e. The summed E-state index contributed by atoms with van der Waals surface area (Å²) in [5.74, 6) is 0.0430. The molecule has 0 radical (unpaired) electrons. The van der Waals surface area contributed by atoms with E-state index in [9.17, 15) is 4.79 Å². The van der Waals surface area contributed by atoms with Crippen LogP contribution in [0.4, 0.5) is 0 Å². The quantitative estimate of drug-likeness (QED) is 0.829. The lowest BCUT2D eigenvalue weighted by Crippen LogP contribution is -2.28. The third-order valence-electron chi connectivity index (χ3n) is 4.19. The summed E-state index contributed by atoms with van der Waals surface area (Å²) in [6.07, 6.45) is 5.75. The van der Waals surface area contributed by atoms with Crippen molar-refractivity contribution in [3.8, 4) is 0 Å². The second-order valence-electron chi connectivity index (χ2n) is 5.61. The van der Waals surface area contributed by atoms with Crippen LogP contribution in [0.1, 0.15) is 48.6 Å². The van der Waals surface area contributed by atoms with Gasteiger partial charge in [-0.3, -0.25) is 4.79 Å². The number of carbonyl (C=O) groups excluding carboxylic acids is 1. The minimum absolute atomic E-state index is 0.0430. The Morgan fingerprint density at radius 1 is 1.48 bits per heavy atom. The number of aromatic nitrogens is 1. The van der Waals surface area contributed by atoms with Crippen LogP contribution in [-0.2, 0) is 4.74 Å². The van der Waals surface area contributed by atoms with E-state index in [2.05, 4.69) is 21.3 Å². The van der Waals surface area contributed by atoms with Crippen LogP contribution >= 0.6 is 11.3 Å². The molecule has 0 bridgehead atoms. The van der Waals surface area contributed by atoms with E-state index in [0.29, 0.717) is 19.2 Å². The molecular formula is C16H22N2O2S. The average Bonchev–Trinajstić information content (AvgIpc) is 3.17. The minimum Gasteiger partial charge on any atom is -0.385 e. The predicted molar refractivity (Wildman–Crippen MR) is 86.1 cm³/mol. The number of carbonyl (C=O) groups is 1. The first-order chi connectivity index (χ1) is 10.3.